The van der Waals surface area contributed by atoms with E-state index >= 15 is 0 Å². The van der Waals surface area contributed by atoms with E-state index in [1.54, 1.807) is 0 Å². The Morgan fingerprint density at radius 2 is 1.56 bits per heavy atom. The smallest absolute Gasteiger partial charge is 0.302 e. The number of aliphatic hydroxyl groups excluding tert-OH is 1. The molecule has 25 heavy (non-hydrogen) atoms. The molecule has 1 atom stereocenters. The van der Waals surface area contributed by atoms with E-state index in [1.807, 2.05) is 12.2 Å². The molecule has 0 fully saturated rings. The van der Waals surface area contributed by atoms with Gasteiger partial charge >= 0.3 is 5.97 Å². The molecule has 0 bridgehead atoms. The maximum atomic E-state index is 11.7. The van der Waals surface area contributed by atoms with E-state index in [0.29, 0.717) is 6.42 Å². The average molecular weight is 353 g/mol. The highest BCUT2D eigenvalue weighted by molar-refractivity contribution is 5.78. The Bertz CT molecular complexity index is 387. The molecule has 4 heteroatoms. The molecule has 0 spiro atoms. The van der Waals surface area contributed by atoms with Crippen molar-refractivity contribution in [3.05, 3.63) is 24.8 Å². The van der Waals surface area contributed by atoms with Crippen LogP contribution in [0.25, 0.3) is 0 Å². The molecule has 0 saturated heterocycles. The van der Waals surface area contributed by atoms with Crippen LogP contribution < -0.4 is 0 Å². The molecule has 0 aromatic heterocycles. The van der Waals surface area contributed by atoms with Crippen LogP contribution in [0.5, 0.6) is 0 Å². The zero-order chi connectivity index (χ0) is 18.8. The first kappa shape index (κ1) is 23.6. The Morgan fingerprint density at radius 1 is 1.00 bits per heavy atom. The van der Waals surface area contributed by atoms with E-state index in [0.717, 1.165) is 19.3 Å². The molecule has 0 aliphatic carbocycles. The normalized spacial score (nSPS) is 12.2. The van der Waals surface area contributed by atoms with E-state index in [4.69, 9.17) is 0 Å². The SMILES string of the molecule is C=CC=CCCCCCCCCCCCC(=O)C[C@@H](O)COC(C)=O. The van der Waals surface area contributed by atoms with Crippen LogP contribution in [0.4, 0.5) is 0 Å². The molecular formula is C21H36O4. The summed E-state index contributed by atoms with van der Waals surface area (Å²) in [5.41, 5.74) is 0. The first-order chi connectivity index (χ1) is 12.1. The number of carbonyl (C=O) groups is 2. The fourth-order valence-electron chi connectivity index (χ4n) is 2.65. The minimum Gasteiger partial charge on any atom is -0.463 e. The third kappa shape index (κ3) is 18.8. The number of rotatable bonds is 17. The number of unbranched alkanes of at least 4 members (excludes halogenated alkanes) is 9. The Kier molecular flexibility index (Phi) is 16.4. The molecule has 0 saturated carbocycles. The quantitative estimate of drug-likeness (QED) is 0.230. The lowest BCUT2D eigenvalue weighted by Gasteiger charge is -2.09. The Labute approximate surface area is 153 Å². The van der Waals surface area contributed by atoms with E-state index in [9.17, 15) is 14.7 Å². The summed E-state index contributed by atoms with van der Waals surface area (Å²) in [5.74, 6) is -0.388. The zero-order valence-corrected chi connectivity index (χ0v) is 15.9. The van der Waals surface area contributed by atoms with Gasteiger partial charge in [-0.3, -0.25) is 9.59 Å². The third-order valence-corrected chi connectivity index (χ3v) is 4.04. The minimum atomic E-state index is -0.872. The van der Waals surface area contributed by atoms with Crippen molar-refractivity contribution in [2.75, 3.05) is 6.61 Å². The van der Waals surface area contributed by atoms with Gasteiger partial charge in [0.15, 0.2) is 0 Å². The Hall–Kier alpha value is -1.42. The molecule has 0 aliphatic heterocycles. The number of ether oxygens (including phenoxy) is 1. The maximum absolute atomic E-state index is 11.7. The largest absolute Gasteiger partial charge is 0.463 e. The number of hydrogen-bond acceptors (Lipinski definition) is 4. The topological polar surface area (TPSA) is 63.6 Å². The highest BCUT2D eigenvalue weighted by Crippen LogP contribution is 2.12. The molecule has 0 aromatic carbocycles. The van der Waals surface area contributed by atoms with Crippen molar-refractivity contribution in [2.24, 2.45) is 0 Å². The molecule has 0 aliphatic rings. The van der Waals surface area contributed by atoms with Crippen molar-refractivity contribution < 1.29 is 19.4 Å². The van der Waals surface area contributed by atoms with E-state index in [2.05, 4.69) is 17.4 Å². The van der Waals surface area contributed by atoms with Crippen molar-refractivity contribution in [3.63, 3.8) is 0 Å². The average Bonchev–Trinajstić information content (AvgIpc) is 2.57. The van der Waals surface area contributed by atoms with Crippen molar-refractivity contribution in [1.29, 1.82) is 0 Å². The lowest BCUT2D eigenvalue weighted by atomic mass is 10.0. The van der Waals surface area contributed by atoms with Crippen molar-refractivity contribution in [3.8, 4) is 0 Å². The summed E-state index contributed by atoms with van der Waals surface area (Å²) >= 11 is 0. The molecule has 0 unspecified atom stereocenters. The molecule has 0 heterocycles. The summed E-state index contributed by atoms with van der Waals surface area (Å²) in [7, 11) is 0. The van der Waals surface area contributed by atoms with Gasteiger partial charge in [-0.2, -0.15) is 0 Å². The maximum Gasteiger partial charge on any atom is 0.302 e. The van der Waals surface area contributed by atoms with E-state index in [1.165, 1.54) is 51.9 Å². The van der Waals surface area contributed by atoms with Crippen LogP contribution in [0, 0.1) is 0 Å². The number of hydrogen-bond donors (Lipinski definition) is 1. The van der Waals surface area contributed by atoms with E-state index < -0.39 is 12.1 Å². The monoisotopic (exact) mass is 352 g/mol. The summed E-state index contributed by atoms with van der Waals surface area (Å²) in [6.45, 7) is 4.85. The lowest BCUT2D eigenvalue weighted by Crippen LogP contribution is -2.20. The highest BCUT2D eigenvalue weighted by Gasteiger charge is 2.11. The Balaban J connectivity index is 3.32. The first-order valence-electron chi connectivity index (χ1n) is 9.67. The fourth-order valence-corrected chi connectivity index (χ4v) is 2.65. The summed E-state index contributed by atoms with van der Waals surface area (Å²) in [6, 6.07) is 0. The molecule has 0 radical (unpaired) electrons. The summed E-state index contributed by atoms with van der Waals surface area (Å²) in [4.78, 5) is 22.3. The highest BCUT2D eigenvalue weighted by atomic mass is 16.5. The van der Waals surface area contributed by atoms with Crippen LogP contribution in [0.3, 0.4) is 0 Å². The van der Waals surface area contributed by atoms with Crippen LogP contribution in [0.15, 0.2) is 24.8 Å². The molecule has 4 nitrogen and oxygen atoms in total. The van der Waals surface area contributed by atoms with Gasteiger partial charge in [0.2, 0.25) is 0 Å². The van der Waals surface area contributed by atoms with Gasteiger partial charge in [-0.25, -0.2) is 0 Å². The fraction of sp³-hybridized carbons (Fsp3) is 0.714. The number of allylic oxidation sites excluding steroid dienone is 3. The summed E-state index contributed by atoms with van der Waals surface area (Å²) in [5, 5.41) is 9.57. The van der Waals surface area contributed by atoms with Gasteiger partial charge in [0.05, 0.1) is 6.10 Å². The van der Waals surface area contributed by atoms with Gasteiger partial charge in [-0.1, -0.05) is 69.8 Å². The van der Waals surface area contributed by atoms with Crippen molar-refractivity contribution >= 4 is 11.8 Å². The van der Waals surface area contributed by atoms with Crippen LogP contribution in [-0.2, 0) is 14.3 Å². The summed E-state index contributed by atoms with van der Waals surface area (Å²) < 4.78 is 4.68. The second-order valence-corrected chi connectivity index (χ2v) is 6.58. The third-order valence-electron chi connectivity index (χ3n) is 4.04. The molecule has 0 aromatic rings. The number of aliphatic hydroxyl groups is 1. The van der Waals surface area contributed by atoms with Gasteiger partial charge in [-0.15, -0.1) is 0 Å². The zero-order valence-electron chi connectivity index (χ0n) is 15.9. The van der Waals surface area contributed by atoms with Gasteiger partial charge in [0.1, 0.15) is 12.4 Å². The van der Waals surface area contributed by atoms with Crippen molar-refractivity contribution in [1.82, 2.24) is 0 Å². The minimum absolute atomic E-state index is 0.0464. The number of Topliss-reactive ketones (excluding diaryl/α,β-unsaturated/α-hetero) is 1. The van der Waals surface area contributed by atoms with E-state index in [-0.39, 0.29) is 18.8 Å². The van der Waals surface area contributed by atoms with Gasteiger partial charge in [0, 0.05) is 19.8 Å². The van der Waals surface area contributed by atoms with Gasteiger partial charge in [0.25, 0.3) is 0 Å². The molecule has 0 amide bonds. The first-order valence-corrected chi connectivity index (χ1v) is 9.67. The summed E-state index contributed by atoms with van der Waals surface area (Å²) in [6.07, 6.45) is 17.7. The van der Waals surface area contributed by atoms with Gasteiger partial charge < -0.3 is 9.84 Å². The Morgan fingerprint density at radius 3 is 2.12 bits per heavy atom. The molecule has 1 N–H and O–H groups in total. The second-order valence-electron chi connectivity index (χ2n) is 6.58. The molecule has 0 rings (SSSR count). The van der Waals surface area contributed by atoms with Crippen LogP contribution >= 0.6 is 0 Å². The van der Waals surface area contributed by atoms with Gasteiger partial charge in [-0.05, 0) is 19.3 Å². The second kappa shape index (κ2) is 17.4. The van der Waals surface area contributed by atoms with Crippen LogP contribution in [0.2, 0.25) is 0 Å². The molecule has 144 valence electrons. The number of esters is 1. The number of ketones is 1. The number of carbonyl (C=O) groups excluding carboxylic acids is 2. The van der Waals surface area contributed by atoms with Crippen LogP contribution in [-0.4, -0.2) is 29.6 Å². The standard InChI is InChI=1S/C21H36O4/c1-3-4-5-6-7-8-9-10-11-12-13-14-15-16-20(23)17-21(24)18-25-19(2)22/h3-5,21,24H,1,6-18H2,2H3/t21-/m1/s1. The van der Waals surface area contributed by atoms with Crippen LogP contribution in [0.1, 0.15) is 84.0 Å². The molecular weight excluding hydrogens is 316 g/mol. The predicted molar refractivity (Wildman–Crippen MR) is 102 cm³/mol. The predicted octanol–water partition coefficient (Wildman–Crippen LogP) is 4.90. The lowest BCUT2D eigenvalue weighted by molar-refractivity contribution is -0.145. The van der Waals surface area contributed by atoms with Crippen molar-refractivity contribution in [2.45, 2.75) is 90.1 Å².